The van der Waals surface area contributed by atoms with Gasteiger partial charge in [0.2, 0.25) is 0 Å². The summed E-state index contributed by atoms with van der Waals surface area (Å²) in [4.78, 5) is 12.3. The monoisotopic (exact) mass is 341 g/mol. The number of carbonyl (C=O) groups excluding carboxylic acids is 1. The first-order valence-corrected chi connectivity index (χ1v) is 10.4. The Morgan fingerprint density at radius 2 is 2.00 bits per heavy atom. The third-order valence-electron chi connectivity index (χ3n) is 4.58. The van der Waals surface area contributed by atoms with Crippen LogP contribution in [0.2, 0.25) is 0 Å². The van der Waals surface area contributed by atoms with Crippen LogP contribution < -0.4 is 5.32 Å². The van der Waals surface area contributed by atoms with Gasteiger partial charge in [0, 0.05) is 12.3 Å². The van der Waals surface area contributed by atoms with E-state index in [0.717, 1.165) is 37.9 Å². The molecule has 1 aliphatic rings. The normalized spacial score (nSPS) is 22.8. The first kappa shape index (κ1) is 18.0. The molecule has 2 atom stereocenters. The summed E-state index contributed by atoms with van der Waals surface area (Å²) in [7, 11) is -3.16. The van der Waals surface area contributed by atoms with Crippen LogP contribution in [0.4, 0.5) is 0 Å². The van der Waals surface area contributed by atoms with Crippen molar-refractivity contribution < 1.29 is 17.6 Å². The summed E-state index contributed by atoms with van der Waals surface area (Å²) in [5.41, 5.74) is 0. The van der Waals surface area contributed by atoms with Gasteiger partial charge in [0.05, 0.1) is 0 Å². The molecule has 5 nitrogen and oxygen atoms in total. The van der Waals surface area contributed by atoms with E-state index in [4.69, 9.17) is 4.42 Å². The molecule has 0 saturated heterocycles. The Balaban J connectivity index is 1.92. The molecule has 2 rings (SSSR count). The number of rotatable bonds is 5. The Kier molecular flexibility index (Phi) is 5.89. The summed E-state index contributed by atoms with van der Waals surface area (Å²) < 4.78 is 27.9. The van der Waals surface area contributed by atoms with Gasteiger partial charge in [0.25, 0.3) is 5.91 Å². The van der Waals surface area contributed by atoms with E-state index in [1.807, 2.05) is 0 Å². The minimum absolute atomic E-state index is 0.176. The van der Waals surface area contributed by atoms with E-state index in [1.54, 1.807) is 12.1 Å². The van der Waals surface area contributed by atoms with E-state index in [2.05, 4.69) is 19.2 Å². The predicted molar refractivity (Wildman–Crippen MR) is 89.9 cm³/mol. The van der Waals surface area contributed by atoms with E-state index >= 15 is 0 Å². The topological polar surface area (TPSA) is 76.4 Å². The number of carbonyl (C=O) groups is 1. The van der Waals surface area contributed by atoms with Crippen molar-refractivity contribution in [2.75, 3.05) is 6.26 Å². The molecular formula is C17H27NO4S. The third kappa shape index (κ3) is 5.68. The van der Waals surface area contributed by atoms with Crippen LogP contribution in [0.15, 0.2) is 16.5 Å². The van der Waals surface area contributed by atoms with Crippen molar-refractivity contribution in [3.8, 4) is 0 Å². The molecule has 0 radical (unpaired) electrons. The number of hydrogen-bond donors (Lipinski definition) is 1. The highest BCUT2D eigenvalue weighted by atomic mass is 32.2. The molecule has 1 aromatic heterocycles. The van der Waals surface area contributed by atoms with E-state index in [0.29, 0.717) is 11.7 Å². The number of nitrogens with one attached hydrogen (secondary N) is 1. The smallest absolute Gasteiger partial charge is 0.287 e. The molecule has 23 heavy (non-hydrogen) atoms. The zero-order chi connectivity index (χ0) is 17.0. The molecule has 0 spiro atoms. The maximum Gasteiger partial charge on any atom is 0.287 e. The van der Waals surface area contributed by atoms with Gasteiger partial charge in [-0.15, -0.1) is 0 Å². The van der Waals surface area contributed by atoms with Crippen molar-refractivity contribution in [1.82, 2.24) is 5.32 Å². The zero-order valence-electron chi connectivity index (χ0n) is 14.2. The highest BCUT2D eigenvalue weighted by molar-refractivity contribution is 7.89. The van der Waals surface area contributed by atoms with Crippen LogP contribution in [0.25, 0.3) is 0 Å². The summed E-state index contributed by atoms with van der Waals surface area (Å²) in [5, 5.41) is 3.03. The van der Waals surface area contributed by atoms with Crippen molar-refractivity contribution >= 4 is 15.7 Å². The van der Waals surface area contributed by atoms with Gasteiger partial charge in [-0.05, 0) is 43.2 Å². The number of amides is 1. The lowest BCUT2D eigenvalue weighted by Gasteiger charge is -2.18. The van der Waals surface area contributed by atoms with Crippen LogP contribution in [0.5, 0.6) is 0 Å². The predicted octanol–water partition coefficient (Wildman–Crippen LogP) is 3.16. The second-order valence-corrected chi connectivity index (χ2v) is 9.16. The van der Waals surface area contributed by atoms with Crippen molar-refractivity contribution in [2.45, 2.75) is 57.7 Å². The molecule has 0 bridgehead atoms. The van der Waals surface area contributed by atoms with Crippen LogP contribution in [-0.2, 0) is 15.6 Å². The van der Waals surface area contributed by atoms with Crippen molar-refractivity contribution in [1.29, 1.82) is 0 Å². The molecular weight excluding hydrogens is 314 g/mol. The Morgan fingerprint density at radius 3 is 2.65 bits per heavy atom. The number of hydrogen-bond acceptors (Lipinski definition) is 4. The van der Waals surface area contributed by atoms with E-state index < -0.39 is 9.84 Å². The minimum Gasteiger partial charge on any atom is -0.455 e. The van der Waals surface area contributed by atoms with Gasteiger partial charge in [-0.25, -0.2) is 8.42 Å². The molecule has 1 aliphatic carbocycles. The van der Waals surface area contributed by atoms with E-state index in [1.165, 1.54) is 6.42 Å². The molecule has 1 heterocycles. The van der Waals surface area contributed by atoms with Crippen LogP contribution in [-0.4, -0.2) is 26.6 Å². The van der Waals surface area contributed by atoms with Crippen LogP contribution in [0.1, 0.15) is 62.3 Å². The number of furan rings is 1. The lowest BCUT2D eigenvalue weighted by Crippen LogP contribution is -2.34. The molecule has 1 aromatic rings. The van der Waals surface area contributed by atoms with Crippen molar-refractivity contribution in [3.63, 3.8) is 0 Å². The van der Waals surface area contributed by atoms with E-state index in [9.17, 15) is 13.2 Å². The van der Waals surface area contributed by atoms with Crippen LogP contribution >= 0.6 is 0 Å². The molecule has 1 amide bonds. The molecule has 0 unspecified atom stereocenters. The Hall–Kier alpha value is -1.30. The highest BCUT2D eigenvalue weighted by Gasteiger charge is 2.23. The average molecular weight is 341 g/mol. The fourth-order valence-corrected chi connectivity index (χ4v) is 3.91. The van der Waals surface area contributed by atoms with Crippen LogP contribution in [0, 0.1) is 11.8 Å². The average Bonchev–Trinajstić information content (AvgIpc) is 2.75. The first-order valence-electron chi connectivity index (χ1n) is 8.32. The second-order valence-electron chi connectivity index (χ2n) is 7.02. The molecule has 0 aromatic carbocycles. The molecule has 1 saturated carbocycles. The Morgan fingerprint density at radius 1 is 1.26 bits per heavy atom. The fourth-order valence-electron chi connectivity index (χ4n) is 3.23. The minimum atomic E-state index is -3.16. The van der Waals surface area contributed by atoms with Gasteiger partial charge in [0.15, 0.2) is 15.6 Å². The number of sulfone groups is 1. The van der Waals surface area contributed by atoms with Gasteiger partial charge in [-0.3, -0.25) is 4.79 Å². The van der Waals surface area contributed by atoms with Gasteiger partial charge < -0.3 is 9.73 Å². The summed E-state index contributed by atoms with van der Waals surface area (Å²) in [6, 6.07) is 3.27. The molecule has 0 aliphatic heterocycles. The van der Waals surface area contributed by atoms with Crippen LogP contribution in [0.3, 0.4) is 0 Å². The quantitative estimate of drug-likeness (QED) is 0.835. The molecule has 1 fully saturated rings. The van der Waals surface area contributed by atoms with Crippen molar-refractivity contribution in [2.24, 2.45) is 11.8 Å². The maximum atomic E-state index is 12.3. The van der Waals surface area contributed by atoms with Gasteiger partial charge >= 0.3 is 0 Å². The second kappa shape index (κ2) is 7.51. The van der Waals surface area contributed by atoms with Crippen molar-refractivity contribution in [3.05, 3.63) is 23.7 Å². The Bertz CT molecular complexity index is 633. The summed E-state index contributed by atoms with van der Waals surface area (Å²) in [6.07, 6.45) is 6.62. The summed E-state index contributed by atoms with van der Waals surface area (Å²) >= 11 is 0. The Labute approximate surface area is 138 Å². The lowest BCUT2D eigenvalue weighted by molar-refractivity contribution is 0.0903. The lowest BCUT2D eigenvalue weighted by atomic mass is 9.89. The highest BCUT2D eigenvalue weighted by Crippen LogP contribution is 2.29. The van der Waals surface area contributed by atoms with Gasteiger partial charge in [-0.1, -0.05) is 26.7 Å². The SMILES string of the molecule is CC(C)[C@H]1CCC[C@@H](NC(=O)c2ccc(CS(C)(=O)=O)o2)CC1. The van der Waals surface area contributed by atoms with Gasteiger partial charge in [-0.2, -0.15) is 0 Å². The zero-order valence-corrected chi connectivity index (χ0v) is 15.0. The maximum absolute atomic E-state index is 12.3. The summed E-state index contributed by atoms with van der Waals surface area (Å²) in [6.45, 7) is 4.52. The van der Waals surface area contributed by atoms with Gasteiger partial charge in [0.1, 0.15) is 11.5 Å². The molecule has 130 valence electrons. The molecule has 1 N–H and O–H groups in total. The summed E-state index contributed by atoms with van der Waals surface area (Å²) in [5.74, 6) is 1.49. The first-order chi connectivity index (χ1) is 10.7. The molecule has 6 heteroatoms. The third-order valence-corrected chi connectivity index (χ3v) is 5.39. The largest absolute Gasteiger partial charge is 0.455 e. The standard InChI is InChI=1S/C17H27NO4S/c1-12(2)13-5-4-6-14(8-7-13)18-17(19)16-10-9-15(22-16)11-23(3,20)21/h9-10,12-14H,4-8,11H2,1-3H3,(H,18,19)/t13-,14+/m0/s1. The fraction of sp³-hybridized carbons (Fsp3) is 0.706. The van der Waals surface area contributed by atoms with E-state index in [-0.39, 0.29) is 23.5 Å².